The van der Waals surface area contributed by atoms with Crippen LogP contribution in [-0.2, 0) is 0 Å². The molecule has 0 aromatic carbocycles. The van der Waals surface area contributed by atoms with Crippen molar-refractivity contribution in [2.24, 2.45) is 0 Å². The van der Waals surface area contributed by atoms with E-state index >= 15 is 0 Å². The van der Waals surface area contributed by atoms with E-state index in [0.717, 1.165) is 5.57 Å². The summed E-state index contributed by atoms with van der Waals surface area (Å²) in [4.78, 5) is 4.25. The average molecular weight is 320 g/mol. The summed E-state index contributed by atoms with van der Waals surface area (Å²) in [5.74, 6) is 0.624. The van der Waals surface area contributed by atoms with Crippen molar-refractivity contribution in [2.75, 3.05) is 0 Å². The minimum atomic E-state index is -1.16. The molecule has 0 fully saturated rings. The van der Waals surface area contributed by atoms with Crippen LogP contribution in [0.4, 0.5) is 4.39 Å². The van der Waals surface area contributed by atoms with Crippen LogP contribution >= 0.6 is 11.6 Å². The monoisotopic (exact) mass is 319 g/mol. The summed E-state index contributed by atoms with van der Waals surface area (Å²) in [5, 5.41) is 8.91. The van der Waals surface area contributed by atoms with E-state index in [1.807, 2.05) is 25.2 Å². The van der Waals surface area contributed by atoms with Crippen molar-refractivity contribution in [3.8, 4) is 5.95 Å². The molecule has 2 aromatic heterocycles. The highest BCUT2D eigenvalue weighted by Crippen LogP contribution is 2.40. The molecule has 2 unspecified atom stereocenters. The third kappa shape index (κ3) is 2.50. The first-order chi connectivity index (χ1) is 10.6. The molecule has 114 valence electrons. The molecule has 0 N–H and O–H groups in total. The van der Waals surface area contributed by atoms with Gasteiger partial charge in [0.25, 0.3) is 5.95 Å². The van der Waals surface area contributed by atoms with E-state index in [4.69, 9.17) is 11.6 Å². The van der Waals surface area contributed by atoms with Gasteiger partial charge in [-0.05, 0) is 12.5 Å². The van der Waals surface area contributed by atoms with E-state index < -0.39 is 6.17 Å². The summed E-state index contributed by atoms with van der Waals surface area (Å²) >= 11 is 5.85. The third-order valence-corrected chi connectivity index (χ3v) is 3.66. The fourth-order valence-electron chi connectivity index (χ4n) is 2.56. The van der Waals surface area contributed by atoms with Gasteiger partial charge in [0.15, 0.2) is 12.0 Å². The molecule has 2 aromatic rings. The number of fused-ring (bicyclic) bond motifs is 1. The first kappa shape index (κ1) is 14.7. The van der Waals surface area contributed by atoms with Crippen LogP contribution in [0.5, 0.6) is 0 Å². The second-order valence-electron chi connectivity index (χ2n) is 4.94. The average Bonchev–Trinajstić information content (AvgIpc) is 3.16. The van der Waals surface area contributed by atoms with Crippen LogP contribution in [0.1, 0.15) is 31.4 Å². The van der Waals surface area contributed by atoms with E-state index in [0.29, 0.717) is 23.2 Å². The lowest BCUT2D eigenvalue weighted by atomic mass is 10.0. The second kappa shape index (κ2) is 5.88. The van der Waals surface area contributed by atoms with Crippen molar-refractivity contribution >= 4 is 11.6 Å². The number of nitrogens with zero attached hydrogens (tertiary/aromatic N) is 5. The lowest BCUT2D eigenvalue weighted by Crippen LogP contribution is -2.09. The molecule has 0 radical (unpaired) electrons. The number of aromatic nitrogens is 5. The summed E-state index contributed by atoms with van der Waals surface area (Å²) in [7, 11) is 0. The number of rotatable bonds is 4. The van der Waals surface area contributed by atoms with E-state index in [1.165, 1.54) is 10.9 Å². The summed E-state index contributed by atoms with van der Waals surface area (Å²) in [6, 6.07) is -0.202. The Labute approximate surface area is 132 Å². The van der Waals surface area contributed by atoms with Crippen LogP contribution in [-0.4, -0.2) is 24.5 Å². The zero-order valence-electron chi connectivity index (χ0n) is 12.0. The maximum absolute atomic E-state index is 14.3. The maximum Gasteiger partial charge on any atom is 0.269 e. The van der Waals surface area contributed by atoms with Gasteiger partial charge in [-0.1, -0.05) is 42.5 Å². The Hall–Kier alpha value is -2.21. The summed E-state index contributed by atoms with van der Waals surface area (Å²) in [6.07, 6.45) is 9.62. The molecule has 0 saturated carbocycles. The minimum absolute atomic E-state index is 0.202. The van der Waals surface area contributed by atoms with Gasteiger partial charge in [0.05, 0.1) is 23.5 Å². The highest BCUT2D eigenvalue weighted by molar-refractivity contribution is 6.30. The van der Waals surface area contributed by atoms with Crippen LogP contribution in [0.25, 0.3) is 5.95 Å². The van der Waals surface area contributed by atoms with E-state index in [1.54, 1.807) is 17.0 Å². The van der Waals surface area contributed by atoms with Gasteiger partial charge in [-0.15, -0.1) is 5.10 Å². The van der Waals surface area contributed by atoms with Crippen LogP contribution in [0, 0.1) is 0 Å². The first-order valence-corrected chi connectivity index (χ1v) is 7.28. The van der Waals surface area contributed by atoms with Crippen molar-refractivity contribution in [3.05, 3.63) is 59.7 Å². The van der Waals surface area contributed by atoms with Crippen molar-refractivity contribution in [1.82, 2.24) is 24.5 Å². The topological polar surface area (TPSA) is 48.5 Å². The molecule has 1 aliphatic rings. The molecule has 0 spiro atoms. The number of allylic oxidation sites excluding steroid dienone is 5. The molecule has 22 heavy (non-hydrogen) atoms. The van der Waals surface area contributed by atoms with Gasteiger partial charge in [-0.3, -0.25) is 0 Å². The van der Waals surface area contributed by atoms with Gasteiger partial charge < -0.3 is 0 Å². The molecular weight excluding hydrogens is 305 g/mol. The Bertz CT molecular complexity index is 758. The molecule has 5 nitrogen and oxygen atoms in total. The first-order valence-electron chi connectivity index (χ1n) is 6.90. The Kier molecular flexibility index (Phi) is 3.94. The number of hydrogen-bond acceptors (Lipinski definition) is 3. The highest BCUT2D eigenvalue weighted by atomic mass is 35.5. The Morgan fingerprint density at radius 2 is 2.36 bits per heavy atom. The predicted molar refractivity (Wildman–Crippen MR) is 82.8 cm³/mol. The number of alkyl halides is 1. The zero-order chi connectivity index (χ0) is 15.7. The summed E-state index contributed by atoms with van der Waals surface area (Å²) in [6.45, 7) is 5.62. The fourth-order valence-corrected chi connectivity index (χ4v) is 2.69. The zero-order valence-corrected chi connectivity index (χ0v) is 12.8. The quantitative estimate of drug-likeness (QED) is 0.806. The summed E-state index contributed by atoms with van der Waals surface area (Å²) < 4.78 is 17.3. The molecule has 3 rings (SSSR count). The van der Waals surface area contributed by atoms with Crippen molar-refractivity contribution < 1.29 is 4.39 Å². The predicted octanol–water partition coefficient (Wildman–Crippen LogP) is 3.76. The van der Waals surface area contributed by atoms with Crippen molar-refractivity contribution in [1.29, 1.82) is 0 Å². The third-order valence-electron chi connectivity index (χ3n) is 3.46. The smallest absolute Gasteiger partial charge is 0.239 e. The van der Waals surface area contributed by atoms with Crippen molar-refractivity contribution in [2.45, 2.75) is 25.6 Å². The Morgan fingerprint density at radius 1 is 1.55 bits per heavy atom. The van der Waals surface area contributed by atoms with Crippen molar-refractivity contribution in [3.63, 3.8) is 0 Å². The van der Waals surface area contributed by atoms with E-state index in [-0.39, 0.29) is 6.04 Å². The van der Waals surface area contributed by atoms with Crippen LogP contribution in [0.15, 0.2) is 48.8 Å². The van der Waals surface area contributed by atoms with Gasteiger partial charge in [0, 0.05) is 6.42 Å². The normalized spacial score (nSPS) is 21.5. The molecule has 0 saturated heterocycles. The molecule has 0 amide bonds. The van der Waals surface area contributed by atoms with Crippen LogP contribution in [0.3, 0.4) is 0 Å². The van der Waals surface area contributed by atoms with Gasteiger partial charge in [-0.25, -0.2) is 13.8 Å². The molecule has 1 aliphatic heterocycles. The number of halogens is 2. The minimum Gasteiger partial charge on any atom is -0.239 e. The van der Waals surface area contributed by atoms with E-state index in [9.17, 15) is 4.39 Å². The van der Waals surface area contributed by atoms with E-state index in [2.05, 4.69) is 21.8 Å². The lowest BCUT2D eigenvalue weighted by molar-refractivity contribution is 0.328. The molecule has 3 heterocycles. The molecule has 0 bridgehead atoms. The number of hydrogen-bond donors (Lipinski definition) is 0. The van der Waals surface area contributed by atoms with Gasteiger partial charge in [0.2, 0.25) is 0 Å². The van der Waals surface area contributed by atoms with Crippen LogP contribution in [0.2, 0.25) is 5.02 Å². The SMILES string of the molecule is C=C/C=C(\C=C/C)C1CC(F)c2nc(-n3cc(Cl)cn3)nn21. The van der Waals surface area contributed by atoms with Crippen LogP contribution < -0.4 is 0 Å². The standard InChI is InChI=1S/C15H15ClFN5/c1-3-5-10(6-4-2)13-7-12(17)14-19-15(20-22(13)14)21-9-11(16)8-18-21/h3-6,8-9,12-13H,1,7H2,2H3/b6-4-,10-5+. The molecule has 2 atom stereocenters. The summed E-state index contributed by atoms with van der Waals surface area (Å²) in [5.41, 5.74) is 0.939. The maximum atomic E-state index is 14.3. The second-order valence-corrected chi connectivity index (χ2v) is 5.38. The molecular formula is C15H15ClFN5. The highest BCUT2D eigenvalue weighted by Gasteiger charge is 2.36. The van der Waals surface area contributed by atoms with Gasteiger partial charge in [-0.2, -0.15) is 10.1 Å². The lowest BCUT2D eigenvalue weighted by Gasteiger charge is -2.12. The molecule has 0 aliphatic carbocycles. The molecule has 7 heteroatoms. The largest absolute Gasteiger partial charge is 0.269 e. The van der Waals surface area contributed by atoms with Gasteiger partial charge in [0.1, 0.15) is 0 Å². The van der Waals surface area contributed by atoms with Gasteiger partial charge >= 0.3 is 0 Å². The fraction of sp³-hybridized carbons (Fsp3) is 0.267. The Balaban J connectivity index is 2.02. The Morgan fingerprint density at radius 3 is 3.00 bits per heavy atom.